The number of Topliss-reactive ketones (excluding diaryl/α,β-unsaturated/α-hetero) is 1. The SMILES string of the molecule is O=C(CO)c1ccc2c(c1)CN(Cc1nc3ccccc3[nH]1)CCO2. The van der Waals surface area contributed by atoms with E-state index in [0.29, 0.717) is 25.3 Å². The fourth-order valence-corrected chi connectivity index (χ4v) is 3.14. The number of aliphatic hydroxyl groups excluding tert-OH is 1. The zero-order valence-electron chi connectivity index (χ0n) is 13.7. The number of hydrogen-bond donors (Lipinski definition) is 2. The minimum Gasteiger partial charge on any atom is -0.492 e. The number of nitrogens with zero attached hydrogens (tertiary/aromatic N) is 2. The van der Waals surface area contributed by atoms with Crippen LogP contribution in [0.2, 0.25) is 0 Å². The highest BCUT2D eigenvalue weighted by Crippen LogP contribution is 2.25. The normalized spacial score (nSPS) is 14.8. The molecule has 6 nitrogen and oxygen atoms in total. The number of hydrogen-bond acceptors (Lipinski definition) is 5. The van der Waals surface area contributed by atoms with Crippen molar-refractivity contribution in [3.63, 3.8) is 0 Å². The molecule has 25 heavy (non-hydrogen) atoms. The first-order valence-corrected chi connectivity index (χ1v) is 8.29. The van der Waals surface area contributed by atoms with Gasteiger partial charge in [0.1, 0.15) is 24.8 Å². The highest BCUT2D eigenvalue weighted by molar-refractivity contribution is 5.97. The van der Waals surface area contributed by atoms with Crippen molar-refractivity contribution in [2.45, 2.75) is 13.1 Å². The van der Waals surface area contributed by atoms with Gasteiger partial charge >= 0.3 is 0 Å². The molecule has 0 radical (unpaired) electrons. The molecule has 2 aromatic carbocycles. The van der Waals surface area contributed by atoms with E-state index in [1.807, 2.05) is 36.4 Å². The van der Waals surface area contributed by atoms with E-state index in [2.05, 4.69) is 14.9 Å². The molecule has 0 aliphatic carbocycles. The van der Waals surface area contributed by atoms with Gasteiger partial charge in [-0.3, -0.25) is 9.69 Å². The van der Waals surface area contributed by atoms with Crippen molar-refractivity contribution >= 4 is 16.8 Å². The number of aromatic nitrogens is 2. The predicted molar refractivity (Wildman–Crippen MR) is 93.6 cm³/mol. The van der Waals surface area contributed by atoms with Crippen LogP contribution < -0.4 is 4.74 Å². The number of carbonyl (C=O) groups excluding carboxylic acids is 1. The lowest BCUT2D eigenvalue weighted by atomic mass is 10.1. The lowest BCUT2D eigenvalue weighted by molar-refractivity contribution is 0.0903. The molecule has 1 aromatic heterocycles. The average molecular weight is 337 g/mol. The Hall–Kier alpha value is -2.70. The van der Waals surface area contributed by atoms with Gasteiger partial charge in [0.05, 0.1) is 17.6 Å². The zero-order valence-corrected chi connectivity index (χ0v) is 13.7. The van der Waals surface area contributed by atoms with Crippen LogP contribution in [0, 0.1) is 0 Å². The van der Waals surface area contributed by atoms with Crippen molar-refractivity contribution in [2.75, 3.05) is 19.8 Å². The van der Waals surface area contributed by atoms with Crippen LogP contribution >= 0.6 is 0 Å². The zero-order chi connectivity index (χ0) is 17.2. The minimum absolute atomic E-state index is 0.282. The van der Waals surface area contributed by atoms with E-state index in [4.69, 9.17) is 9.84 Å². The van der Waals surface area contributed by atoms with Crippen LogP contribution in [0.1, 0.15) is 21.7 Å². The molecule has 0 unspecified atom stereocenters. The Morgan fingerprint density at radius 3 is 3.00 bits per heavy atom. The van der Waals surface area contributed by atoms with Gasteiger partial charge in [0.15, 0.2) is 5.78 Å². The first kappa shape index (κ1) is 15.8. The summed E-state index contributed by atoms with van der Waals surface area (Å²) in [6.07, 6.45) is 0. The average Bonchev–Trinajstić information content (AvgIpc) is 2.93. The van der Waals surface area contributed by atoms with E-state index >= 15 is 0 Å². The largest absolute Gasteiger partial charge is 0.492 e. The van der Waals surface area contributed by atoms with Crippen LogP contribution in [-0.2, 0) is 13.1 Å². The van der Waals surface area contributed by atoms with E-state index in [1.165, 1.54) is 0 Å². The summed E-state index contributed by atoms with van der Waals surface area (Å²) in [5.74, 6) is 1.42. The summed E-state index contributed by atoms with van der Waals surface area (Å²) in [7, 11) is 0. The summed E-state index contributed by atoms with van der Waals surface area (Å²) in [5, 5.41) is 9.06. The molecule has 0 atom stereocenters. The molecule has 0 spiro atoms. The Kier molecular flexibility index (Phi) is 4.21. The van der Waals surface area contributed by atoms with Crippen LogP contribution in [0.15, 0.2) is 42.5 Å². The summed E-state index contributed by atoms with van der Waals surface area (Å²) >= 11 is 0. The van der Waals surface area contributed by atoms with Crippen LogP contribution in [0.3, 0.4) is 0 Å². The third-order valence-electron chi connectivity index (χ3n) is 4.40. The van der Waals surface area contributed by atoms with Gasteiger partial charge in [-0.2, -0.15) is 0 Å². The molecule has 0 saturated carbocycles. The number of nitrogens with one attached hydrogen (secondary N) is 1. The number of ketones is 1. The first-order chi connectivity index (χ1) is 12.2. The lowest BCUT2D eigenvalue weighted by Gasteiger charge is -2.17. The van der Waals surface area contributed by atoms with Crippen molar-refractivity contribution in [3.05, 3.63) is 59.4 Å². The number of carbonyl (C=O) groups is 1. The molecule has 0 saturated heterocycles. The summed E-state index contributed by atoms with van der Waals surface area (Å²) in [6, 6.07) is 13.3. The number of benzene rings is 2. The highest BCUT2D eigenvalue weighted by Gasteiger charge is 2.18. The van der Waals surface area contributed by atoms with Crippen LogP contribution in [-0.4, -0.2) is 45.5 Å². The fraction of sp³-hybridized carbons (Fsp3) is 0.263. The van der Waals surface area contributed by atoms with E-state index in [0.717, 1.165) is 34.7 Å². The van der Waals surface area contributed by atoms with Gasteiger partial charge in [-0.15, -0.1) is 0 Å². The monoisotopic (exact) mass is 337 g/mol. The number of imidazole rings is 1. The molecular weight excluding hydrogens is 318 g/mol. The van der Waals surface area contributed by atoms with Gasteiger partial charge in [-0.05, 0) is 30.3 Å². The topological polar surface area (TPSA) is 78.5 Å². The van der Waals surface area contributed by atoms with Gasteiger partial charge in [-0.1, -0.05) is 12.1 Å². The maximum atomic E-state index is 11.7. The van der Waals surface area contributed by atoms with E-state index in [-0.39, 0.29) is 5.78 Å². The standard InChI is InChI=1S/C19H19N3O3/c23-12-17(24)13-5-6-18-14(9-13)10-22(7-8-25-18)11-19-20-15-3-1-2-4-16(15)21-19/h1-6,9,23H,7-8,10-12H2,(H,20,21). The van der Waals surface area contributed by atoms with Crippen LogP contribution in [0.5, 0.6) is 5.75 Å². The Morgan fingerprint density at radius 2 is 2.16 bits per heavy atom. The summed E-state index contributed by atoms with van der Waals surface area (Å²) in [5.41, 5.74) is 3.45. The van der Waals surface area contributed by atoms with Gasteiger partial charge < -0.3 is 14.8 Å². The molecule has 4 rings (SSSR count). The second-order valence-electron chi connectivity index (χ2n) is 6.16. The van der Waals surface area contributed by atoms with E-state index in [1.54, 1.807) is 6.07 Å². The quantitative estimate of drug-likeness (QED) is 0.713. The molecule has 128 valence electrons. The third-order valence-corrected chi connectivity index (χ3v) is 4.40. The number of ether oxygens (including phenoxy) is 1. The maximum Gasteiger partial charge on any atom is 0.188 e. The number of H-pyrrole nitrogens is 1. The predicted octanol–water partition coefficient (Wildman–Crippen LogP) is 2.13. The molecular formula is C19H19N3O3. The molecule has 2 heterocycles. The van der Waals surface area contributed by atoms with E-state index < -0.39 is 6.61 Å². The third kappa shape index (κ3) is 3.26. The Balaban J connectivity index is 1.56. The number of aliphatic hydroxyl groups is 1. The molecule has 0 amide bonds. The molecule has 0 bridgehead atoms. The van der Waals surface area contributed by atoms with Crippen LogP contribution in [0.25, 0.3) is 11.0 Å². The fourth-order valence-electron chi connectivity index (χ4n) is 3.14. The Bertz CT molecular complexity index is 886. The first-order valence-electron chi connectivity index (χ1n) is 8.29. The van der Waals surface area contributed by atoms with Crippen molar-refractivity contribution in [1.29, 1.82) is 0 Å². The van der Waals surface area contributed by atoms with Crippen molar-refractivity contribution < 1.29 is 14.6 Å². The number of para-hydroxylation sites is 2. The van der Waals surface area contributed by atoms with Crippen molar-refractivity contribution in [1.82, 2.24) is 14.9 Å². The molecule has 1 aliphatic heterocycles. The molecule has 0 fully saturated rings. The highest BCUT2D eigenvalue weighted by atomic mass is 16.5. The Morgan fingerprint density at radius 1 is 1.28 bits per heavy atom. The minimum atomic E-state index is -0.484. The van der Waals surface area contributed by atoms with E-state index in [9.17, 15) is 4.79 Å². The molecule has 6 heteroatoms. The van der Waals surface area contributed by atoms with Crippen LogP contribution in [0.4, 0.5) is 0 Å². The smallest absolute Gasteiger partial charge is 0.188 e. The summed E-state index contributed by atoms with van der Waals surface area (Å²) in [4.78, 5) is 21.9. The van der Waals surface area contributed by atoms with Crippen molar-refractivity contribution in [2.24, 2.45) is 0 Å². The second-order valence-corrected chi connectivity index (χ2v) is 6.16. The van der Waals surface area contributed by atoms with Gasteiger partial charge in [0.2, 0.25) is 0 Å². The summed E-state index contributed by atoms with van der Waals surface area (Å²) < 4.78 is 5.80. The molecule has 2 N–H and O–H groups in total. The lowest BCUT2D eigenvalue weighted by Crippen LogP contribution is -2.25. The Labute approximate surface area is 145 Å². The molecule has 3 aromatic rings. The number of aromatic amines is 1. The van der Waals surface area contributed by atoms with Gasteiger partial charge in [-0.25, -0.2) is 4.98 Å². The van der Waals surface area contributed by atoms with Gasteiger partial charge in [0.25, 0.3) is 0 Å². The molecule has 1 aliphatic rings. The number of fused-ring (bicyclic) bond motifs is 2. The number of rotatable bonds is 4. The summed E-state index contributed by atoms with van der Waals surface area (Å²) in [6.45, 7) is 2.21. The second kappa shape index (κ2) is 6.66. The van der Waals surface area contributed by atoms with Gasteiger partial charge in [0, 0.05) is 24.2 Å². The van der Waals surface area contributed by atoms with Crippen molar-refractivity contribution in [3.8, 4) is 5.75 Å². The maximum absolute atomic E-state index is 11.7.